The molecular formula is C24H18O2. The first-order valence-electron chi connectivity index (χ1n) is 8.23. The highest BCUT2D eigenvalue weighted by molar-refractivity contribution is 5.36. The third kappa shape index (κ3) is 4.69. The maximum absolute atomic E-state index is 5.78. The SMILES string of the molecule is C#Cc1ccc(COc2ccc(OCc3ccc(C#C)cc3)cc2)cc1. The van der Waals surface area contributed by atoms with Gasteiger partial charge in [-0.1, -0.05) is 36.1 Å². The van der Waals surface area contributed by atoms with Crippen LogP contribution >= 0.6 is 0 Å². The Morgan fingerprint density at radius 3 is 1.19 bits per heavy atom. The molecule has 3 aromatic carbocycles. The molecule has 3 rings (SSSR count). The first kappa shape index (κ1) is 17.2. The highest BCUT2D eigenvalue weighted by Gasteiger charge is 2.00. The van der Waals surface area contributed by atoms with Crippen LogP contribution < -0.4 is 9.47 Å². The topological polar surface area (TPSA) is 18.5 Å². The first-order valence-corrected chi connectivity index (χ1v) is 8.23. The summed E-state index contributed by atoms with van der Waals surface area (Å²) in [5.74, 6) is 6.78. The standard InChI is InChI=1S/C24H18O2/c1-3-19-5-9-21(10-6-19)17-25-23-13-15-24(16-14-23)26-18-22-11-7-20(4-2)8-12-22/h1-2,5-16H,17-18H2. The number of benzene rings is 3. The molecule has 0 heterocycles. The summed E-state index contributed by atoms with van der Waals surface area (Å²) in [4.78, 5) is 0. The van der Waals surface area contributed by atoms with Crippen molar-refractivity contribution in [2.75, 3.05) is 0 Å². The largest absolute Gasteiger partial charge is 0.489 e. The third-order valence-corrected chi connectivity index (χ3v) is 3.88. The zero-order valence-corrected chi connectivity index (χ0v) is 14.3. The van der Waals surface area contributed by atoms with E-state index >= 15 is 0 Å². The van der Waals surface area contributed by atoms with Crippen molar-refractivity contribution in [3.63, 3.8) is 0 Å². The molecule has 3 aromatic rings. The number of rotatable bonds is 6. The van der Waals surface area contributed by atoms with Crippen LogP contribution in [0.3, 0.4) is 0 Å². The average Bonchev–Trinajstić information content (AvgIpc) is 2.72. The highest BCUT2D eigenvalue weighted by Crippen LogP contribution is 2.20. The minimum absolute atomic E-state index is 0.493. The number of hydrogen-bond donors (Lipinski definition) is 0. The minimum Gasteiger partial charge on any atom is -0.489 e. The molecule has 0 aliphatic rings. The Hall–Kier alpha value is -3.62. The van der Waals surface area contributed by atoms with E-state index in [1.54, 1.807) is 0 Å². The van der Waals surface area contributed by atoms with E-state index in [9.17, 15) is 0 Å². The van der Waals surface area contributed by atoms with Crippen LogP contribution in [0.2, 0.25) is 0 Å². The molecule has 0 aliphatic carbocycles. The third-order valence-electron chi connectivity index (χ3n) is 3.88. The van der Waals surface area contributed by atoms with Crippen LogP contribution in [0.5, 0.6) is 11.5 Å². The van der Waals surface area contributed by atoms with E-state index in [1.807, 2.05) is 72.8 Å². The summed E-state index contributed by atoms with van der Waals surface area (Å²) in [5.41, 5.74) is 3.87. The lowest BCUT2D eigenvalue weighted by Gasteiger charge is -2.09. The molecule has 26 heavy (non-hydrogen) atoms. The molecule has 0 saturated carbocycles. The van der Waals surface area contributed by atoms with Crippen molar-refractivity contribution < 1.29 is 9.47 Å². The fourth-order valence-corrected chi connectivity index (χ4v) is 2.36. The maximum Gasteiger partial charge on any atom is 0.120 e. The number of terminal acetylenes is 2. The molecule has 126 valence electrons. The molecule has 0 bridgehead atoms. The fraction of sp³-hybridized carbons (Fsp3) is 0.0833. The summed E-state index contributed by atoms with van der Waals surface area (Å²) in [6.07, 6.45) is 10.7. The van der Waals surface area contributed by atoms with Crippen molar-refractivity contribution >= 4 is 0 Å². The van der Waals surface area contributed by atoms with Gasteiger partial charge in [0.05, 0.1) is 0 Å². The molecular weight excluding hydrogens is 320 g/mol. The molecule has 0 unspecified atom stereocenters. The second-order valence-corrected chi connectivity index (χ2v) is 5.73. The first-order chi connectivity index (χ1) is 12.8. The predicted molar refractivity (Wildman–Crippen MR) is 104 cm³/mol. The van der Waals surface area contributed by atoms with E-state index in [-0.39, 0.29) is 0 Å². The van der Waals surface area contributed by atoms with Gasteiger partial charge >= 0.3 is 0 Å². The van der Waals surface area contributed by atoms with Crippen LogP contribution in [0, 0.1) is 24.7 Å². The van der Waals surface area contributed by atoms with Gasteiger partial charge in [-0.05, 0) is 59.7 Å². The Morgan fingerprint density at radius 1 is 0.538 bits per heavy atom. The van der Waals surface area contributed by atoms with Crippen LogP contribution in [0.15, 0.2) is 72.8 Å². The Balaban J connectivity index is 1.51. The summed E-state index contributed by atoms with van der Waals surface area (Å²) in [6, 6.07) is 23.1. The molecule has 0 atom stereocenters. The molecule has 2 heteroatoms. The van der Waals surface area contributed by atoms with Crippen LogP contribution in [0.4, 0.5) is 0 Å². The smallest absolute Gasteiger partial charge is 0.120 e. The van der Waals surface area contributed by atoms with Crippen molar-refractivity contribution in [3.8, 4) is 36.2 Å². The Kier molecular flexibility index (Phi) is 5.61. The Labute approximate surface area is 154 Å². The summed E-state index contributed by atoms with van der Waals surface area (Å²) in [5, 5.41) is 0. The van der Waals surface area contributed by atoms with E-state index in [2.05, 4.69) is 11.8 Å². The number of hydrogen-bond acceptors (Lipinski definition) is 2. The van der Waals surface area contributed by atoms with Crippen molar-refractivity contribution in [1.82, 2.24) is 0 Å². The van der Waals surface area contributed by atoms with E-state index in [0.29, 0.717) is 13.2 Å². The lowest BCUT2D eigenvalue weighted by atomic mass is 10.1. The van der Waals surface area contributed by atoms with Gasteiger partial charge in [-0.25, -0.2) is 0 Å². The van der Waals surface area contributed by atoms with Gasteiger partial charge in [0.25, 0.3) is 0 Å². The van der Waals surface area contributed by atoms with Gasteiger partial charge in [-0.3, -0.25) is 0 Å². The van der Waals surface area contributed by atoms with Crippen LogP contribution in [0.1, 0.15) is 22.3 Å². The zero-order valence-electron chi connectivity index (χ0n) is 14.3. The van der Waals surface area contributed by atoms with Gasteiger partial charge in [-0.15, -0.1) is 12.8 Å². The summed E-state index contributed by atoms with van der Waals surface area (Å²) >= 11 is 0. The van der Waals surface area contributed by atoms with E-state index in [4.69, 9.17) is 22.3 Å². The van der Waals surface area contributed by atoms with Crippen LogP contribution in [-0.2, 0) is 13.2 Å². The van der Waals surface area contributed by atoms with Crippen molar-refractivity contribution in [1.29, 1.82) is 0 Å². The van der Waals surface area contributed by atoms with Gasteiger partial charge < -0.3 is 9.47 Å². The monoisotopic (exact) mass is 338 g/mol. The summed E-state index contributed by atoms with van der Waals surface area (Å²) in [7, 11) is 0. The zero-order chi connectivity index (χ0) is 18.2. The normalized spacial score (nSPS) is 9.77. The second-order valence-electron chi connectivity index (χ2n) is 5.73. The molecule has 0 fully saturated rings. The average molecular weight is 338 g/mol. The lowest BCUT2D eigenvalue weighted by Crippen LogP contribution is -1.97. The van der Waals surface area contributed by atoms with Gasteiger partial charge in [0.15, 0.2) is 0 Å². The minimum atomic E-state index is 0.493. The molecule has 0 aliphatic heterocycles. The van der Waals surface area contributed by atoms with Crippen LogP contribution in [-0.4, -0.2) is 0 Å². The molecule has 0 amide bonds. The molecule has 2 nitrogen and oxygen atoms in total. The molecule has 0 radical (unpaired) electrons. The molecule has 0 saturated heterocycles. The van der Waals surface area contributed by atoms with Gasteiger partial charge in [0, 0.05) is 11.1 Å². The lowest BCUT2D eigenvalue weighted by molar-refractivity contribution is 0.297. The molecule has 0 spiro atoms. The van der Waals surface area contributed by atoms with Crippen LogP contribution in [0.25, 0.3) is 0 Å². The van der Waals surface area contributed by atoms with Gasteiger partial charge in [0.1, 0.15) is 24.7 Å². The van der Waals surface area contributed by atoms with Crippen molar-refractivity contribution in [2.24, 2.45) is 0 Å². The van der Waals surface area contributed by atoms with Crippen molar-refractivity contribution in [3.05, 3.63) is 95.1 Å². The predicted octanol–water partition coefficient (Wildman–Crippen LogP) is 4.81. The fourth-order valence-electron chi connectivity index (χ4n) is 2.36. The summed E-state index contributed by atoms with van der Waals surface area (Å²) in [6.45, 7) is 0.985. The maximum atomic E-state index is 5.78. The van der Waals surface area contributed by atoms with Crippen molar-refractivity contribution in [2.45, 2.75) is 13.2 Å². The van der Waals surface area contributed by atoms with Gasteiger partial charge in [-0.2, -0.15) is 0 Å². The number of ether oxygens (including phenoxy) is 2. The second kappa shape index (κ2) is 8.47. The quantitative estimate of drug-likeness (QED) is 0.601. The Morgan fingerprint density at radius 2 is 0.885 bits per heavy atom. The molecule has 0 N–H and O–H groups in total. The van der Waals surface area contributed by atoms with Gasteiger partial charge in [0.2, 0.25) is 0 Å². The highest BCUT2D eigenvalue weighted by atomic mass is 16.5. The van der Waals surface area contributed by atoms with E-state index in [0.717, 1.165) is 33.8 Å². The Bertz CT molecular complexity index is 841. The summed E-state index contributed by atoms with van der Waals surface area (Å²) < 4.78 is 11.6. The molecule has 0 aromatic heterocycles. The van der Waals surface area contributed by atoms with E-state index in [1.165, 1.54) is 0 Å². The van der Waals surface area contributed by atoms with E-state index < -0.39 is 0 Å².